The van der Waals surface area contributed by atoms with Gasteiger partial charge in [-0.05, 0) is 126 Å². The molecule has 0 aliphatic carbocycles. The fraction of sp³-hybridized carbons (Fsp3) is 0.333. The van der Waals surface area contributed by atoms with E-state index in [4.69, 9.17) is 9.47 Å². The van der Waals surface area contributed by atoms with Gasteiger partial charge in [-0.15, -0.1) is 0 Å². The summed E-state index contributed by atoms with van der Waals surface area (Å²) in [5.74, 6) is 0.280. The van der Waals surface area contributed by atoms with E-state index in [-0.39, 0.29) is 9.79 Å². The molecule has 5 rings (SSSR count). The minimum absolute atomic E-state index is 0.0533. The van der Waals surface area contributed by atoms with Gasteiger partial charge in [-0.3, -0.25) is 9.11 Å². The van der Waals surface area contributed by atoms with Crippen molar-refractivity contribution >= 4 is 20.2 Å². The molecule has 1 atom stereocenters. The van der Waals surface area contributed by atoms with Crippen LogP contribution in [0.1, 0.15) is 106 Å². The van der Waals surface area contributed by atoms with E-state index in [9.17, 15) is 25.9 Å². The highest BCUT2D eigenvalue weighted by Gasteiger charge is 2.30. The second-order valence-corrected chi connectivity index (χ2v) is 16.8. The molecule has 5 aromatic rings. The summed E-state index contributed by atoms with van der Waals surface area (Å²) >= 11 is 0. The lowest BCUT2D eigenvalue weighted by molar-refractivity contribution is 0.401. The Morgan fingerprint density at radius 2 is 1.05 bits per heavy atom. The zero-order valence-corrected chi connectivity index (χ0v) is 34.6. The molecule has 55 heavy (non-hydrogen) atoms. The third kappa shape index (κ3) is 8.83. The van der Waals surface area contributed by atoms with Gasteiger partial charge in [0.2, 0.25) is 0 Å². The SMILES string of the molecule is CCc1cc(C)cc(CC)c1Cc1ccc(C(c2ccc(Cc3c(CC)cc(C)c(S(=O)(=O)O)c3CC)cc2OC)c2ccccc2S(=O)(=O)O)c(OC)c1. The van der Waals surface area contributed by atoms with Crippen LogP contribution in [0.3, 0.4) is 0 Å². The third-order valence-corrected chi connectivity index (χ3v) is 12.6. The maximum atomic E-state index is 12.9. The summed E-state index contributed by atoms with van der Waals surface area (Å²) in [4.78, 5) is -0.280. The van der Waals surface area contributed by atoms with Crippen LogP contribution in [0.15, 0.2) is 88.7 Å². The van der Waals surface area contributed by atoms with Crippen molar-refractivity contribution in [2.45, 2.75) is 95.8 Å². The topological polar surface area (TPSA) is 127 Å². The van der Waals surface area contributed by atoms with Gasteiger partial charge in [-0.1, -0.05) is 93.9 Å². The van der Waals surface area contributed by atoms with Crippen molar-refractivity contribution in [3.63, 3.8) is 0 Å². The maximum absolute atomic E-state index is 12.9. The Kier molecular flexibility index (Phi) is 13.0. The molecular formula is C45H52O8S2. The number of benzene rings is 5. The van der Waals surface area contributed by atoms with Crippen LogP contribution < -0.4 is 9.47 Å². The number of hydrogen-bond acceptors (Lipinski definition) is 6. The van der Waals surface area contributed by atoms with E-state index in [1.807, 2.05) is 56.3 Å². The third-order valence-electron chi connectivity index (χ3n) is 10.6. The fourth-order valence-electron chi connectivity index (χ4n) is 8.15. The molecule has 0 aliphatic heterocycles. The van der Waals surface area contributed by atoms with Crippen LogP contribution in [0.25, 0.3) is 0 Å². The zero-order chi connectivity index (χ0) is 40.2. The van der Waals surface area contributed by atoms with E-state index in [1.165, 1.54) is 28.3 Å². The van der Waals surface area contributed by atoms with Gasteiger partial charge in [0.1, 0.15) is 16.4 Å². The van der Waals surface area contributed by atoms with E-state index in [0.29, 0.717) is 65.0 Å². The predicted octanol–water partition coefficient (Wildman–Crippen LogP) is 9.43. The van der Waals surface area contributed by atoms with Crippen LogP contribution in [0.2, 0.25) is 0 Å². The molecule has 0 amide bonds. The lowest BCUT2D eigenvalue weighted by atomic mass is 9.82. The number of methoxy groups -OCH3 is 2. The highest BCUT2D eigenvalue weighted by atomic mass is 32.2. The first-order chi connectivity index (χ1) is 26.1. The normalized spacial score (nSPS) is 12.5. The average molecular weight is 785 g/mol. The van der Waals surface area contributed by atoms with E-state index in [1.54, 1.807) is 39.3 Å². The number of aryl methyl sites for hydroxylation is 5. The van der Waals surface area contributed by atoms with Gasteiger partial charge >= 0.3 is 0 Å². The van der Waals surface area contributed by atoms with Crippen molar-refractivity contribution in [2.24, 2.45) is 0 Å². The molecule has 0 fully saturated rings. The molecule has 10 heteroatoms. The molecule has 8 nitrogen and oxygen atoms in total. The Morgan fingerprint density at radius 1 is 0.564 bits per heavy atom. The van der Waals surface area contributed by atoms with Gasteiger partial charge in [0, 0.05) is 17.0 Å². The molecule has 0 saturated carbocycles. The van der Waals surface area contributed by atoms with E-state index < -0.39 is 26.2 Å². The smallest absolute Gasteiger partial charge is 0.295 e. The second kappa shape index (κ2) is 17.1. The molecule has 0 saturated heterocycles. The zero-order valence-electron chi connectivity index (χ0n) is 33.0. The van der Waals surface area contributed by atoms with Crippen LogP contribution in [-0.4, -0.2) is 40.2 Å². The Bertz CT molecular complexity index is 2410. The Balaban J connectivity index is 1.70. The quantitative estimate of drug-likeness (QED) is 0.0795. The van der Waals surface area contributed by atoms with Crippen LogP contribution in [0.5, 0.6) is 11.5 Å². The van der Waals surface area contributed by atoms with Crippen molar-refractivity contribution in [1.29, 1.82) is 0 Å². The molecule has 0 heterocycles. The Hall–Kier alpha value is -4.48. The van der Waals surface area contributed by atoms with E-state index >= 15 is 0 Å². The van der Waals surface area contributed by atoms with E-state index in [2.05, 4.69) is 32.9 Å². The molecule has 0 aromatic heterocycles. The molecule has 0 radical (unpaired) electrons. The molecule has 0 aliphatic rings. The van der Waals surface area contributed by atoms with Gasteiger partial charge in [0.15, 0.2) is 0 Å². The first-order valence-corrected chi connectivity index (χ1v) is 21.6. The highest BCUT2D eigenvalue weighted by molar-refractivity contribution is 7.86. The van der Waals surface area contributed by atoms with Crippen molar-refractivity contribution in [3.8, 4) is 11.5 Å². The van der Waals surface area contributed by atoms with Crippen LogP contribution in [-0.2, 0) is 58.8 Å². The fourth-order valence-corrected chi connectivity index (χ4v) is 9.93. The van der Waals surface area contributed by atoms with Gasteiger partial charge in [0.05, 0.1) is 19.1 Å². The predicted molar refractivity (Wildman–Crippen MR) is 218 cm³/mol. The Morgan fingerprint density at radius 3 is 1.51 bits per heavy atom. The van der Waals surface area contributed by atoms with Gasteiger partial charge in [0.25, 0.3) is 20.2 Å². The minimum Gasteiger partial charge on any atom is -0.496 e. The van der Waals surface area contributed by atoms with Gasteiger partial charge in [-0.2, -0.15) is 16.8 Å². The van der Waals surface area contributed by atoms with Crippen molar-refractivity contribution in [2.75, 3.05) is 14.2 Å². The highest BCUT2D eigenvalue weighted by Crippen LogP contribution is 2.44. The number of hydrogen-bond donors (Lipinski definition) is 2. The summed E-state index contributed by atoms with van der Waals surface area (Å²) in [5, 5.41) is 0. The molecule has 0 spiro atoms. The number of rotatable bonds is 15. The van der Waals surface area contributed by atoms with Crippen molar-refractivity contribution in [3.05, 3.63) is 151 Å². The maximum Gasteiger partial charge on any atom is 0.295 e. The molecule has 1 unspecified atom stereocenters. The standard InChI is InChI=1S/C45H52O8S2/c1-9-32-21-28(5)22-33(10-2)39(32)24-30-17-19-36(41(26-30)52-7)44(38-15-13-14-16-43(38)54(46,47)48)37-20-18-31(27-42(37)53-8)25-40-34(11-3)23-29(6)45(35(40)12-4)55(49,50)51/h13-23,26-27,44H,9-12,24-25H2,1-8H3,(H,46,47,48)(H,49,50,51). The summed E-state index contributed by atoms with van der Waals surface area (Å²) < 4.78 is 83.5. The lowest BCUT2D eigenvalue weighted by Gasteiger charge is -2.26. The molecule has 2 N–H and O–H groups in total. The first-order valence-electron chi connectivity index (χ1n) is 18.7. The first kappa shape index (κ1) is 41.7. The van der Waals surface area contributed by atoms with Gasteiger partial charge in [-0.25, -0.2) is 0 Å². The van der Waals surface area contributed by atoms with Crippen molar-refractivity contribution in [1.82, 2.24) is 0 Å². The lowest BCUT2D eigenvalue weighted by Crippen LogP contribution is -2.13. The van der Waals surface area contributed by atoms with Crippen LogP contribution >= 0.6 is 0 Å². The minimum atomic E-state index is -4.64. The summed E-state index contributed by atoms with van der Waals surface area (Å²) in [6, 6.07) is 24.4. The van der Waals surface area contributed by atoms with Crippen molar-refractivity contribution < 1.29 is 35.4 Å². The summed E-state index contributed by atoms with van der Waals surface area (Å²) in [6.45, 7) is 12.0. The molecular weight excluding hydrogens is 733 g/mol. The summed E-state index contributed by atoms with van der Waals surface area (Å²) in [7, 11) is -5.97. The molecule has 5 aromatic carbocycles. The van der Waals surface area contributed by atoms with Crippen LogP contribution in [0, 0.1) is 13.8 Å². The summed E-state index contributed by atoms with van der Waals surface area (Å²) in [5.41, 5.74) is 11.6. The van der Waals surface area contributed by atoms with Gasteiger partial charge < -0.3 is 9.47 Å². The monoisotopic (exact) mass is 784 g/mol. The molecule has 292 valence electrons. The van der Waals surface area contributed by atoms with Crippen LogP contribution in [0.4, 0.5) is 0 Å². The molecule has 0 bridgehead atoms. The Labute approximate surface area is 327 Å². The largest absolute Gasteiger partial charge is 0.496 e. The summed E-state index contributed by atoms with van der Waals surface area (Å²) in [6.07, 6.45) is 3.96. The average Bonchev–Trinajstić information content (AvgIpc) is 3.15. The van der Waals surface area contributed by atoms with E-state index in [0.717, 1.165) is 35.1 Å². The second-order valence-electron chi connectivity index (χ2n) is 14.0. The number of ether oxygens (including phenoxy) is 2.